The first-order valence-electron chi connectivity index (χ1n) is 10.0. The van der Waals surface area contributed by atoms with E-state index >= 15 is 0 Å². The summed E-state index contributed by atoms with van der Waals surface area (Å²) in [5.41, 5.74) is 7.73. The van der Waals surface area contributed by atoms with E-state index in [0.717, 1.165) is 24.7 Å². The normalized spacial score (nSPS) is 19.8. The number of benzene rings is 2. The third-order valence-corrected chi connectivity index (χ3v) is 8.64. The third kappa shape index (κ3) is 5.69. The number of aryl methyl sites for hydroxylation is 1. The summed E-state index contributed by atoms with van der Waals surface area (Å²) in [6.07, 6.45) is 3.18. The average Bonchev–Trinajstić information content (AvgIpc) is 3.16. The molecule has 2 atom stereocenters. The van der Waals surface area contributed by atoms with Crippen LogP contribution in [0.2, 0.25) is 0 Å². The zero-order chi connectivity index (χ0) is 22.8. The second kappa shape index (κ2) is 9.33. The van der Waals surface area contributed by atoms with Gasteiger partial charge in [-0.3, -0.25) is 10.9 Å². The molecule has 2 N–H and O–H groups in total. The molecule has 0 amide bonds. The molecule has 1 aliphatic heterocycles. The van der Waals surface area contributed by atoms with E-state index in [1.807, 2.05) is 6.07 Å². The van der Waals surface area contributed by atoms with Gasteiger partial charge in [-0.05, 0) is 61.6 Å². The van der Waals surface area contributed by atoms with Crippen molar-refractivity contribution in [3.63, 3.8) is 0 Å². The molecule has 1 fully saturated rings. The van der Waals surface area contributed by atoms with Crippen LogP contribution in [0.4, 0.5) is 4.39 Å². The van der Waals surface area contributed by atoms with Gasteiger partial charge in [0.05, 0.1) is 9.79 Å². The monoisotopic (exact) mass is 469 g/mol. The van der Waals surface area contributed by atoms with Crippen molar-refractivity contribution in [1.29, 1.82) is 0 Å². The van der Waals surface area contributed by atoms with Gasteiger partial charge in [0.1, 0.15) is 5.82 Å². The summed E-state index contributed by atoms with van der Waals surface area (Å²) < 4.78 is 64.3. The lowest BCUT2D eigenvalue weighted by molar-refractivity contribution is 0.427. The van der Waals surface area contributed by atoms with Crippen LogP contribution in [0.1, 0.15) is 36.4 Å². The number of hydrogen-bond donors (Lipinski definition) is 2. The van der Waals surface area contributed by atoms with E-state index < -0.39 is 19.9 Å². The minimum absolute atomic E-state index is 0.00328. The van der Waals surface area contributed by atoms with Crippen LogP contribution in [0.15, 0.2) is 52.3 Å². The highest BCUT2D eigenvalue weighted by Crippen LogP contribution is 2.26. The van der Waals surface area contributed by atoms with Gasteiger partial charge in [-0.25, -0.2) is 25.5 Å². The number of nitrogens with one attached hydrogen (secondary N) is 2. The molecule has 0 aromatic heterocycles. The number of hydrazine groups is 1. The second-order valence-electron chi connectivity index (χ2n) is 8.00. The van der Waals surface area contributed by atoms with Crippen LogP contribution in [0.25, 0.3) is 0 Å². The van der Waals surface area contributed by atoms with Crippen molar-refractivity contribution in [2.75, 3.05) is 19.8 Å². The van der Waals surface area contributed by atoms with Gasteiger partial charge in [0.2, 0.25) is 10.0 Å². The fourth-order valence-electron chi connectivity index (χ4n) is 3.69. The minimum atomic E-state index is -3.82. The Kier molecular flexibility index (Phi) is 7.17. The molecule has 0 spiro atoms. The van der Waals surface area contributed by atoms with Crippen molar-refractivity contribution in [2.45, 2.75) is 48.1 Å². The highest BCUT2D eigenvalue weighted by molar-refractivity contribution is 7.91. The lowest BCUT2D eigenvalue weighted by Gasteiger charge is -2.20. The zero-order valence-electron chi connectivity index (χ0n) is 17.8. The van der Waals surface area contributed by atoms with Crippen LogP contribution in [-0.2, 0) is 19.9 Å². The summed E-state index contributed by atoms with van der Waals surface area (Å²) >= 11 is 0. The molecule has 0 saturated carbocycles. The Morgan fingerprint density at radius 2 is 1.84 bits per heavy atom. The number of sulfone groups is 1. The van der Waals surface area contributed by atoms with E-state index in [4.69, 9.17) is 0 Å². The fourth-order valence-corrected chi connectivity index (χ4v) is 5.87. The number of sulfonamides is 1. The molecular formula is C21H28FN3O4S2. The summed E-state index contributed by atoms with van der Waals surface area (Å²) in [5, 5.41) is 0. The van der Waals surface area contributed by atoms with Gasteiger partial charge in [0.15, 0.2) is 9.84 Å². The molecule has 7 nitrogen and oxygen atoms in total. The summed E-state index contributed by atoms with van der Waals surface area (Å²) in [4.78, 5) is -0.0144. The predicted octanol–water partition coefficient (Wildman–Crippen LogP) is 2.55. The molecule has 1 heterocycles. The first-order chi connectivity index (χ1) is 14.5. The average molecular weight is 470 g/mol. The summed E-state index contributed by atoms with van der Waals surface area (Å²) in [6.45, 7) is 1.95. The highest BCUT2D eigenvalue weighted by Gasteiger charge is 2.27. The number of halogens is 1. The fraction of sp³-hybridized carbons (Fsp3) is 0.429. The van der Waals surface area contributed by atoms with Gasteiger partial charge in [-0.1, -0.05) is 18.2 Å². The molecule has 31 heavy (non-hydrogen) atoms. The lowest BCUT2D eigenvalue weighted by atomic mass is 10.00. The molecule has 2 unspecified atom stereocenters. The van der Waals surface area contributed by atoms with Crippen LogP contribution < -0.4 is 10.9 Å². The molecule has 0 aliphatic carbocycles. The van der Waals surface area contributed by atoms with Crippen LogP contribution in [-0.4, -0.2) is 47.0 Å². The van der Waals surface area contributed by atoms with E-state index in [9.17, 15) is 21.2 Å². The largest absolute Gasteiger partial charge is 0.254 e. The molecule has 0 radical (unpaired) electrons. The first kappa shape index (κ1) is 23.8. The van der Waals surface area contributed by atoms with Gasteiger partial charge in [0, 0.05) is 31.9 Å². The Labute approximate surface area is 183 Å². The quantitative estimate of drug-likeness (QED) is 0.617. The molecule has 2 aromatic rings. The van der Waals surface area contributed by atoms with E-state index in [-0.39, 0.29) is 27.7 Å². The van der Waals surface area contributed by atoms with Crippen molar-refractivity contribution in [3.05, 3.63) is 59.4 Å². The maximum atomic E-state index is 13.4. The lowest BCUT2D eigenvalue weighted by Crippen LogP contribution is -2.32. The number of nitrogens with zero attached hydrogens (tertiary/aromatic N) is 1. The molecule has 10 heteroatoms. The smallest absolute Gasteiger partial charge is 0.243 e. The van der Waals surface area contributed by atoms with Gasteiger partial charge < -0.3 is 0 Å². The molecule has 0 bridgehead atoms. The zero-order valence-corrected chi connectivity index (χ0v) is 19.4. The van der Waals surface area contributed by atoms with Gasteiger partial charge in [-0.15, -0.1) is 0 Å². The highest BCUT2D eigenvalue weighted by atomic mass is 32.2. The Bertz CT molecular complexity index is 1150. The van der Waals surface area contributed by atoms with E-state index in [1.54, 1.807) is 13.0 Å². The summed E-state index contributed by atoms with van der Waals surface area (Å²) in [5.74, 6) is -0.273. The van der Waals surface area contributed by atoms with Gasteiger partial charge in [-0.2, -0.15) is 0 Å². The third-order valence-electron chi connectivity index (χ3n) is 5.53. The van der Waals surface area contributed by atoms with E-state index in [1.165, 1.54) is 41.7 Å². The summed E-state index contributed by atoms with van der Waals surface area (Å²) in [7, 11) is -5.83. The van der Waals surface area contributed by atoms with E-state index in [2.05, 4.69) is 10.9 Å². The molecule has 1 aliphatic rings. The molecule has 1 saturated heterocycles. The van der Waals surface area contributed by atoms with Crippen LogP contribution in [0.5, 0.6) is 0 Å². The number of rotatable bonds is 8. The Morgan fingerprint density at radius 1 is 1.10 bits per heavy atom. The van der Waals surface area contributed by atoms with Crippen LogP contribution in [0, 0.1) is 12.7 Å². The van der Waals surface area contributed by atoms with Gasteiger partial charge in [0.25, 0.3) is 0 Å². The van der Waals surface area contributed by atoms with Crippen LogP contribution >= 0.6 is 0 Å². The maximum absolute atomic E-state index is 13.4. The minimum Gasteiger partial charge on any atom is -0.254 e. The first-order valence-corrected chi connectivity index (χ1v) is 13.3. The Morgan fingerprint density at radius 3 is 2.52 bits per heavy atom. The van der Waals surface area contributed by atoms with Crippen LogP contribution in [0.3, 0.4) is 0 Å². The molecular weight excluding hydrogens is 441 g/mol. The second-order valence-corrected chi connectivity index (χ2v) is 12.0. The molecule has 170 valence electrons. The standard InChI is InChI=1S/C21H28FN3O4S2/c1-15-9-10-19(30(3,26)27)14-21(15)31(28,29)25(2)11-5-8-18-13-20(24-23-18)16-6-4-7-17(22)12-16/h4,6-7,9-10,12,14,18,20,23-24H,5,8,11,13H2,1-3H3. The van der Waals surface area contributed by atoms with Crippen molar-refractivity contribution in [3.8, 4) is 0 Å². The van der Waals surface area contributed by atoms with Crippen molar-refractivity contribution in [2.24, 2.45) is 0 Å². The Balaban J connectivity index is 1.59. The topological polar surface area (TPSA) is 95.6 Å². The van der Waals surface area contributed by atoms with Crippen molar-refractivity contribution in [1.82, 2.24) is 15.2 Å². The van der Waals surface area contributed by atoms with Crippen molar-refractivity contribution >= 4 is 19.9 Å². The van der Waals surface area contributed by atoms with Gasteiger partial charge >= 0.3 is 0 Å². The maximum Gasteiger partial charge on any atom is 0.243 e. The molecule has 3 rings (SSSR count). The predicted molar refractivity (Wildman–Crippen MR) is 117 cm³/mol. The van der Waals surface area contributed by atoms with E-state index in [0.29, 0.717) is 18.5 Å². The molecule has 2 aromatic carbocycles. The summed E-state index contributed by atoms with van der Waals surface area (Å²) in [6, 6.07) is 10.8. The number of hydrogen-bond acceptors (Lipinski definition) is 6. The Hall–Kier alpha value is -1.85. The van der Waals surface area contributed by atoms with Crippen molar-refractivity contribution < 1.29 is 21.2 Å². The SMILES string of the molecule is Cc1ccc(S(C)(=O)=O)cc1S(=O)(=O)N(C)CCCC1CC(c2cccc(F)c2)NN1.